The molecule has 0 aromatic heterocycles. The van der Waals surface area contributed by atoms with Gasteiger partial charge in [0.1, 0.15) is 5.78 Å². The maximum absolute atomic E-state index is 11.3. The van der Waals surface area contributed by atoms with E-state index in [9.17, 15) is 14.4 Å². The third-order valence-corrected chi connectivity index (χ3v) is 2.36. The van der Waals surface area contributed by atoms with Crippen LogP contribution in [0.3, 0.4) is 0 Å². The molecule has 0 saturated heterocycles. The number of carbonyl (C=O) groups excluding carboxylic acids is 3. The molecular formula is C10H14O4. The van der Waals surface area contributed by atoms with Crippen molar-refractivity contribution in [1.29, 1.82) is 0 Å². The van der Waals surface area contributed by atoms with Gasteiger partial charge in [-0.05, 0) is 19.3 Å². The quantitative estimate of drug-likeness (QED) is 0.371. The molecule has 1 aliphatic carbocycles. The average molecular weight is 198 g/mol. The van der Waals surface area contributed by atoms with E-state index in [2.05, 4.69) is 4.74 Å². The highest BCUT2D eigenvalue weighted by molar-refractivity contribution is 6.37. The minimum absolute atomic E-state index is 0.00613. The topological polar surface area (TPSA) is 60.4 Å². The second-order valence-corrected chi connectivity index (χ2v) is 3.61. The number of hydrogen-bond donors (Lipinski definition) is 0. The predicted molar refractivity (Wildman–Crippen MR) is 48.5 cm³/mol. The molecule has 2 atom stereocenters. The molecule has 4 heteroatoms. The number of carbonyl (C=O) groups is 3. The standard InChI is InChI=1S/C10H14O4/c1-3-14-10(13)9(12)5-8(11)7-4-6(7)2/h6-7H,3-5H2,1-2H3. The van der Waals surface area contributed by atoms with E-state index in [0.717, 1.165) is 6.42 Å². The van der Waals surface area contributed by atoms with Gasteiger partial charge in [-0.15, -0.1) is 0 Å². The van der Waals surface area contributed by atoms with Crippen molar-refractivity contribution in [2.75, 3.05) is 6.61 Å². The number of ketones is 2. The van der Waals surface area contributed by atoms with Crippen LogP contribution >= 0.6 is 0 Å². The molecule has 1 aliphatic rings. The summed E-state index contributed by atoms with van der Waals surface area (Å²) in [5.74, 6) is -1.38. The summed E-state index contributed by atoms with van der Waals surface area (Å²) in [6, 6.07) is 0. The minimum Gasteiger partial charge on any atom is -0.460 e. The highest BCUT2D eigenvalue weighted by atomic mass is 16.5. The van der Waals surface area contributed by atoms with Crippen LogP contribution in [0.15, 0.2) is 0 Å². The molecule has 2 unspecified atom stereocenters. The molecule has 1 saturated carbocycles. The Morgan fingerprint density at radius 1 is 1.36 bits per heavy atom. The maximum Gasteiger partial charge on any atom is 0.375 e. The van der Waals surface area contributed by atoms with Crippen LogP contribution in [0.4, 0.5) is 0 Å². The Morgan fingerprint density at radius 3 is 2.36 bits per heavy atom. The summed E-state index contributed by atoms with van der Waals surface area (Å²) >= 11 is 0. The second-order valence-electron chi connectivity index (χ2n) is 3.61. The summed E-state index contributed by atoms with van der Waals surface area (Å²) in [5, 5.41) is 0. The number of hydrogen-bond acceptors (Lipinski definition) is 4. The fourth-order valence-electron chi connectivity index (χ4n) is 1.34. The van der Waals surface area contributed by atoms with Crippen molar-refractivity contribution < 1.29 is 19.1 Å². The molecule has 0 spiro atoms. The van der Waals surface area contributed by atoms with Crippen LogP contribution < -0.4 is 0 Å². The van der Waals surface area contributed by atoms with Gasteiger partial charge in [0.2, 0.25) is 5.78 Å². The Bertz CT molecular complexity index is 269. The van der Waals surface area contributed by atoms with Gasteiger partial charge in [0.15, 0.2) is 0 Å². The summed E-state index contributed by atoms with van der Waals surface area (Å²) in [5.41, 5.74) is 0. The lowest BCUT2D eigenvalue weighted by Crippen LogP contribution is -2.21. The molecule has 0 heterocycles. The molecular weight excluding hydrogens is 184 g/mol. The van der Waals surface area contributed by atoms with Crippen molar-refractivity contribution in [3.63, 3.8) is 0 Å². The van der Waals surface area contributed by atoms with E-state index in [1.165, 1.54) is 0 Å². The molecule has 1 rings (SSSR count). The fourth-order valence-corrected chi connectivity index (χ4v) is 1.34. The van der Waals surface area contributed by atoms with Crippen LogP contribution in [-0.4, -0.2) is 24.1 Å². The largest absolute Gasteiger partial charge is 0.460 e. The van der Waals surface area contributed by atoms with Crippen molar-refractivity contribution in [2.24, 2.45) is 11.8 Å². The normalized spacial score (nSPS) is 24.1. The van der Waals surface area contributed by atoms with Crippen LogP contribution in [0.1, 0.15) is 26.7 Å². The van der Waals surface area contributed by atoms with E-state index in [0.29, 0.717) is 5.92 Å². The highest BCUT2D eigenvalue weighted by Gasteiger charge is 2.40. The zero-order chi connectivity index (χ0) is 10.7. The smallest absolute Gasteiger partial charge is 0.375 e. The van der Waals surface area contributed by atoms with Crippen LogP contribution in [-0.2, 0) is 19.1 Å². The number of rotatable bonds is 5. The van der Waals surface area contributed by atoms with Crippen LogP contribution in [0.2, 0.25) is 0 Å². The number of esters is 1. The summed E-state index contributed by atoms with van der Waals surface area (Å²) in [6.07, 6.45) is 0.544. The van der Waals surface area contributed by atoms with Gasteiger partial charge in [-0.1, -0.05) is 6.92 Å². The first-order chi connectivity index (χ1) is 6.56. The van der Waals surface area contributed by atoms with Gasteiger partial charge >= 0.3 is 5.97 Å². The summed E-state index contributed by atoms with van der Waals surface area (Å²) in [7, 11) is 0. The molecule has 0 radical (unpaired) electrons. The van der Waals surface area contributed by atoms with Gasteiger partial charge in [-0.2, -0.15) is 0 Å². The Labute approximate surface area is 82.6 Å². The van der Waals surface area contributed by atoms with Crippen LogP contribution in [0.25, 0.3) is 0 Å². The molecule has 14 heavy (non-hydrogen) atoms. The van der Waals surface area contributed by atoms with Gasteiger partial charge < -0.3 is 4.74 Å². The fraction of sp³-hybridized carbons (Fsp3) is 0.700. The maximum atomic E-state index is 11.3. The monoisotopic (exact) mass is 198 g/mol. The van der Waals surface area contributed by atoms with E-state index >= 15 is 0 Å². The molecule has 0 aromatic carbocycles. The lowest BCUT2D eigenvalue weighted by atomic mass is 10.1. The van der Waals surface area contributed by atoms with Gasteiger partial charge in [0.25, 0.3) is 0 Å². The molecule has 0 amide bonds. The van der Waals surface area contributed by atoms with Gasteiger partial charge in [0, 0.05) is 5.92 Å². The van der Waals surface area contributed by atoms with E-state index in [-0.39, 0.29) is 24.7 Å². The molecule has 1 fully saturated rings. The first-order valence-corrected chi connectivity index (χ1v) is 4.79. The first-order valence-electron chi connectivity index (χ1n) is 4.79. The van der Waals surface area contributed by atoms with Crippen LogP contribution in [0, 0.1) is 11.8 Å². The zero-order valence-corrected chi connectivity index (χ0v) is 8.41. The Kier molecular flexibility index (Phi) is 3.38. The van der Waals surface area contributed by atoms with Crippen molar-refractivity contribution in [3.8, 4) is 0 Å². The molecule has 0 aliphatic heterocycles. The van der Waals surface area contributed by atoms with Crippen molar-refractivity contribution >= 4 is 17.5 Å². The van der Waals surface area contributed by atoms with Gasteiger partial charge in [0.05, 0.1) is 13.0 Å². The van der Waals surface area contributed by atoms with E-state index < -0.39 is 11.8 Å². The van der Waals surface area contributed by atoms with E-state index in [1.807, 2.05) is 6.92 Å². The number of Topliss-reactive ketones (excluding diaryl/α,β-unsaturated/α-hetero) is 2. The Balaban J connectivity index is 2.33. The van der Waals surface area contributed by atoms with Crippen molar-refractivity contribution in [3.05, 3.63) is 0 Å². The summed E-state index contributed by atoms with van der Waals surface area (Å²) < 4.78 is 4.49. The average Bonchev–Trinajstić information content (AvgIpc) is 2.83. The summed E-state index contributed by atoms with van der Waals surface area (Å²) in [4.78, 5) is 33.3. The molecule has 0 bridgehead atoms. The Morgan fingerprint density at radius 2 is 1.93 bits per heavy atom. The van der Waals surface area contributed by atoms with Crippen molar-refractivity contribution in [2.45, 2.75) is 26.7 Å². The minimum atomic E-state index is -0.894. The molecule has 0 aromatic rings. The van der Waals surface area contributed by atoms with Crippen LogP contribution in [0.5, 0.6) is 0 Å². The third kappa shape index (κ3) is 2.65. The molecule has 0 N–H and O–H groups in total. The lowest BCUT2D eigenvalue weighted by Gasteiger charge is -1.99. The third-order valence-electron chi connectivity index (χ3n) is 2.36. The number of ether oxygens (including phenoxy) is 1. The SMILES string of the molecule is CCOC(=O)C(=O)CC(=O)C1CC1C. The highest BCUT2D eigenvalue weighted by Crippen LogP contribution is 2.39. The van der Waals surface area contributed by atoms with Crippen molar-refractivity contribution in [1.82, 2.24) is 0 Å². The van der Waals surface area contributed by atoms with Gasteiger partial charge in [-0.3, -0.25) is 9.59 Å². The second kappa shape index (κ2) is 4.35. The van der Waals surface area contributed by atoms with E-state index in [4.69, 9.17) is 0 Å². The zero-order valence-electron chi connectivity index (χ0n) is 8.41. The van der Waals surface area contributed by atoms with Gasteiger partial charge in [-0.25, -0.2) is 4.79 Å². The molecule has 78 valence electrons. The first kappa shape index (κ1) is 10.9. The lowest BCUT2D eigenvalue weighted by molar-refractivity contribution is -0.154. The Hall–Kier alpha value is -1.19. The predicted octanol–water partition coefficient (Wildman–Crippen LogP) is 0.734. The molecule has 4 nitrogen and oxygen atoms in total. The summed E-state index contributed by atoms with van der Waals surface area (Å²) in [6.45, 7) is 3.74. The van der Waals surface area contributed by atoms with E-state index in [1.54, 1.807) is 6.92 Å².